The van der Waals surface area contributed by atoms with Crippen molar-refractivity contribution in [2.75, 3.05) is 13.2 Å². The zero-order chi connectivity index (χ0) is 16.4. The molecule has 126 valence electrons. The highest BCUT2D eigenvalue weighted by Crippen LogP contribution is 2.38. The molecule has 1 N–H and O–H groups in total. The molecule has 1 aliphatic carbocycles. The van der Waals surface area contributed by atoms with Gasteiger partial charge in [-0.1, -0.05) is 32.8 Å². The topological polar surface area (TPSA) is 52.6 Å². The van der Waals surface area contributed by atoms with Crippen molar-refractivity contribution in [2.24, 2.45) is 5.92 Å². The Morgan fingerprint density at radius 3 is 2.91 bits per heavy atom. The Balaban J connectivity index is 1.72. The third kappa shape index (κ3) is 3.02. The molecular weight excluding hydrogens is 310 g/mol. The van der Waals surface area contributed by atoms with Gasteiger partial charge in [-0.15, -0.1) is 11.3 Å². The van der Waals surface area contributed by atoms with Crippen molar-refractivity contribution in [1.29, 1.82) is 0 Å². The molecule has 1 aromatic heterocycles. The van der Waals surface area contributed by atoms with Crippen LogP contribution in [-0.2, 0) is 11.3 Å². The molecule has 0 bridgehead atoms. The Morgan fingerprint density at radius 2 is 2.26 bits per heavy atom. The summed E-state index contributed by atoms with van der Waals surface area (Å²) in [5.41, 5.74) is -0.655. The van der Waals surface area contributed by atoms with Gasteiger partial charge < -0.3 is 5.32 Å². The molecule has 3 amide bonds. The molecule has 1 saturated carbocycles. The van der Waals surface area contributed by atoms with Gasteiger partial charge in [0.25, 0.3) is 5.91 Å². The summed E-state index contributed by atoms with van der Waals surface area (Å²) < 4.78 is 0. The lowest BCUT2D eigenvalue weighted by Gasteiger charge is -2.37. The lowest BCUT2D eigenvalue weighted by molar-refractivity contribution is -0.135. The SMILES string of the molecule is CCN(Cc1cccs1)CN1C(=O)N[C@]2(CCCC[C@@H]2C)C1=O. The summed E-state index contributed by atoms with van der Waals surface area (Å²) >= 11 is 1.70. The zero-order valence-corrected chi connectivity index (χ0v) is 14.7. The maximum atomic E-state index is 13.0. The van der Waals surface area contributed by atoms with E-state index in [0.29, 0.717) is 6.67 Å². The van der Waals surface area contributed by atoms with Gasteiger partial charge in [0.1, 0.15) is 5.54 Å². The number of rotatable bonds is 5. The smallest absolute Gasteiger partial charge is 0.323 e. The minimum absolute atomic E-state index is 0.0284. The molecular formula is C17H25N3O2S. The Morgan fingerprint density at radius 1 is 1.43 bits per heavy atom. The van der Waals surface area contributed by atoms with Crippen molar-refractivity contribution >= 4 is 23.3 Å². The van der Waals surface area contributed by atoms with Crippen LogP contribution in [-0.4, -0.2) is 40.5 Å². The van der Waals surface area contributed by atoms with E-state index in [9.17, 15) is 9.59 Å². The molecule has 6 heteroatoms. The molecule has 2 atom stereocenters. The van der Waals surface area contributed by atoms with Crippen molar-refractivity contribution in [1.82, 2.24) is 15.1 Å². The average molecular weight is 335 g/mol. The van der Waals surface area contributed by atoms with Crippen molar-refractivity contribution in [3.8, 4) is 0 Å². The molecule has 2 fully saturated rings. The van der Waals surface area contributed by atoms with Crippen LogP contribution in [0.1, 0.15) is 44.4 Å². The van der Waals surface area contributed by atoms with Gasteiger partial charge in [-0.3, -0.25) is 9.69 Å². The number of imide groups is 1. The van der Waals surface area contributed by atoms with Gasteiger partial charge >= 0.3 is 6.03 Å². The minimum atomic E-state index is -0.655. The summed E-state index contributed by atoms with van der Waals surface area (Å²) in [6, 6.07) is 3.89. The highest BCUT2D eigenvalue weighted by Gasteiger charge is 2.54. The van der Waals surface area contributed by atoms with E-state index in [-0.39, 0.29) is 17.9 Å². The number of hydrogen-bond donors (Lipinski definition) is 1. The van der Waals surface area contributed by atoms with Crippen LogP contribution in [0.25, 0.3) is 0 Å². The first-order valence-electron chi connectivity index (χ1n) is 8.45. The highest BCUT2D eigenvalue weighted by atomic mass is 32.1. The number of carbonyl (C=O) groups is 2. The summed E-state index contributed by atoms with van der Waals surface area (Å²) in [5, 5.41) is 5.07. The monoisotopic (exact) mass is 335 g/mol. The first-order chi connectivity index (χ1) is 11.1. The third-order valence-corrected chi connectivity index (χ3v) is 6.11. The molecule has 1 saturated heterocycles. The number of carbonyl (C=O) groups excluding carboxylic acids is 2. The maximum Gasteiger partial charge on any atom is 0.326 e. The molecule has 1 aromatic rings. The fourth-order valence-electron chi connectivity index (χ4n) is 3.71. The van der Waals surface area contributed by atoms with Gasteiger partial charge in [0.2, 0.25) is 0 Å². The molecule has 1 spiro atoms. The van der Waals surface area contributed by atoms with E-state index in [1.54, 1.807) is 11.3 Å². The normalized spacial score (nSPS) is 28.0. The van der Waals surface area contributed by atoms with Gasteiger partial charge in [-0.05, 0) is 36.8 Å². The zero-order valence-electron chi connectivity index (χ0n) is 13.9. The Bertz CT molecular complexity index is 574. The molecule has 0 radical (unpaired) electrons. The van der Waals surface area contributed by atoms with Crippen molar-refractivity contribution < 1.29 is 9.59 Å². The van der Waals surface area contributed by atoms with E-state index >= 15 is 0 Å². The lowest BCUT2D eigenvalue weighted by atomic mass is 9.73. The van der Waals surface area contributed by atoms with E-state index in [1.807, 2.05) is 6.07 Å². The summed E-state index contributed by atoms with van der Waals surface area (Å²) in [6.45, 7) is 6.09. The Kier molecular flexibility index (Phi) is 4.73. The predicted octanol–water partition coefficient (Wildman–Crippen LogP) is 3.03. The Hall–Kier alpha value is -1.40. The standard InChI is InChI=1S/C17H25N3O2S/c1-3-19(11-14-8-6-10-23-14)12-20-15(21)17(18-16(20)22)9-5-4-7-13(17)2/h6,8,10,13H,3-5,7,9,11-12H2,1-2H3,(H,18,22)/t13-,17-/m0/s1. The first kappa shape index (κ1) is 16.5. The largest absolute Gasteiger partial charge is 0.326 e. The lowest BCUT2D eigenvalue weighted by Crippen LogP contribution is -2.54. The van der Waals surface area contributed by atoms with Crippen LogP contribution in [0, 0.1) is 5.92 Å². The van der Waals surface area contributed by atoms with Crippen LogP contribution < -0.4 is 5.32 Å². The number of thiophene rings is 1. The van der Waals surface area contributed by atoms with Gasteiger partial charge in [0.05, 0.1) is 6.67 Å². The number of nitrogens with zero attached hydrogens (tertiary/aromatic N) is 2. The molecule has 1 aliphatic heterocycles. The minimum Gasteiger partial charge on any atom is -0.323 e. The molecule has 0 unspecified atom stereocenters. The summed E-state index contributed by atoms with van der Waals surface area (Å²) in [5.74, 6) is 0.185. The summed E-state index contributed by atoms with van der Waals surface area (Å²) in [4.78, 5) is 30.2. The van der Waals surface area contributed by atoms with Crippen molar-refractivity contribution in [2.45, 2.75) is 51.6 Å². The number of hydrogen-bond acceptors (Lipinski definition) is 4. The van der Waals surface area contributed by atoms with E-state index in [2.05, 4.69) is 35.5 Å². The van der Waals surface area contributed by atoms with Crippen molar-refractivity contribution in [3.05, 3.63) is 22.4 Å². The molecule has 2 heterocycles. The molecule has 0 aromatic carbocycles. The van der Waals surface area contributed by atoms with Gasteiger partial charge in [0.15, 0.2) is 0 Å². The average Bonchev–Trinajstić information content (AvgIpc) is 3.12. The second-order valence-corrected chi connectivity index (χ2v) is 7.68. The first-order valence-corrected chi connectivity index (χ1v) is 9.33. The number of amides is 3. The van der Waals surface area contributed by atoms with Gasteiger partial charge in [-0.2, -0.15) is 0 Å². The molecule has 3 rings (SSSR count). The van der Waals surface area contributed by atoms with Crippen LogP contribution in [0.3, 0.4) is 0 Å². The third-order valence-electron chi connectivity index (χ3n) is 5.25. The summed E-state index contributed by atoms with van der Waals surface area (Å²) in [6.07, 6.45) is 3.93. The van der Waals surface area contributed by atoms with E-state index in [0.717, 1.165) is 38.8 Å². The fourth-order valence-corrected chi connectivity index (χ4v) is 4.45. The van der Waals surface area contributed by atoms with Crippen LogP contribution >= 0.6 is 11.3 Å². The predicted molar refractivity (Wildman–Crippen MR) is 91.0 cm³/mol. The molecule has 5 nitrogen and oxygen atoms in total. The molecule has 23 heavy (non-hydrogen) atoms. The van der Waals surface area contributed by atoms with E-state index < -0.39 is 5.54 Å². The second kappa shape index (κ2) is 6.61. The van der Waals surface area contributed by atoms with Crippen LogP contribution in [0.2, 0.25) is 0 Å². The van der Waals surface area contributed by atoms with Crippen LogP contribution in [0.4, 0.5) is 4.79 Å². The number of urea groups is 1. The van der Waals surface area contributed by atoms with E-state index in [4.69, 9.17) is 0 Å². The van der Waals surface area contributed by atoms with Crippen LogP contribution in [0.5, 0.6) is 0 Å². The summed E-state index contributed by atoms with van der Waals surface area (Å²) in [7, 11) is 0. The van der Waals surface area contributed by atoms with Crippen LogP contribution in [0.15, 0.2) is 17.5 Å². The Labute approximate surface area is 141 Å². The number of nitrogens with one attached hydrogen (secondary N) is 1. The van der Waals surface area contributed by atoms with Gasteiger partial charge in [0, 0.05) is 11.4 Å². The highest BCUT2D eigenvalue weighted by molar-refractivity contribution is 7.09. The fraction of sp³-hybridized carbons (Fsp3) is 0.647. The van der Waals surface area contributed by atoms with E-state index in [1.165, 1.54) is 9.78 Å². The second-order valence-electron chi connectivity index (χ2n) is 6.65. The van der Waals surface area contributed by atoms with Gasteiger partial charge in [-0.25, -0.2) is 9.69 Å². The quantitative estimate of drug-likeness (QED) is 0.842. The van der Waals surface area contributed by atoms with Crippen molar-refractivity contribution in [3.63, 3.8) is 0 Å². The maximum absolute atomic E-state index is 13.0. The molecule has 2 aliphatic rings.